The smallest absolute Gasteiger partial charge is 0.306 e. The van der Waals surface area contributed by atoms with Gasteiger partial charge in [0.2, 0.25) is 0 Å². The number of hydrogen-bond donors (Lipinski definition) is 0. The lowest BCUT2D eigenvalue weighted by Gasteiger charge is -2.03. The quantitative estimate of drug-likeness (QED) is 0.565. The van der Waals surface area contributed by atoms with Crippen LogP contribution in [0, 0.1) is 0 Å². The molecule has 16 heavy (non-hydrogen) atoms. The topological polar surface area (TPSA) is 43.4 Å². The minimum atomic E-state index is -0.171. The van der Waals surface area contributed by atoms with Crippen LogP contribution in [-0.2, 0) is 26.7 Å². The van der Waals surface area contributed by atoms with Crippen LogP contribution in [0.2, 0.25) is 0 Å². The van der Waals surface area contributed by atoms with Crippen LogP contribution in [0.15, 0.2) is 24.3 Å². The van der Waals surface area contributed by atoms with E-state index in [1.165, 1.54) is 0 Å². The van der Waals surface area contributed by atoms with E-state index >= 15 is 0 Å². The van der Waals surface area contributed by atoms with Gasteiger partial charge in [-0.05, 0) is 24.5 Å². The first-order chi connectivity index (χ1) is 7.76. The van der Waals surface area contributed by atoms with Gasteiger partial charge in [-0.25, -0.2) is 0 Å². The molecule has 86 valence electrons. The Morgan fingerprint density at radius 1 is 1.38 bits per heavy atom. The molecule has 1 rings (SSSR count). The zero-order valence-corrected chi connectivity index (χ0v) is 10.2. The van der Waals surface area contributed by atoms with Crippen LogP contribution in [0.1, 0.15) is 24.5 Å². The van der Waals surface area contributed by atoms with Gasteiger partial charge < -0.3 is 4.74 Å². The van der Waals surface area contributed by atoms with E-state index in [0.717, 1.165) is 11.1 Å². The minimum Gasteiger partial charge on any atom is -0.466 e. The largest absolute Gasteiger partial charge is 0.466 e. The maximum atomic E-state index is 11.2. The van der Waals surface area contributed by atoms with Crippen molar-refractivity contribution < 1.29 is 14.1 Å². The lowest BCUT2D eigenvalue weighted by molar-refractivity contribution is -0.143. The van der Waals surface area contributed by atoms with Crippen molar-refractivity contribution in [3.05, 3.63) is 35.4 Å². The van der Waals surface area contributed by atoms with E-state index in [2.05, 4.69) is 0 Å². The molecule has 3 nitrogen and oxygen atoms in total. The molecule has 0 fully saturated rings. The van der Waals surface area contributed by atoms with Crippen LogP contribution in [0.5, 0.6) is 0 Å². The number of carbonyl (C=O) groups is 1. The molecular formula is C12H15O3P. The highest BCUT2D eigenvalue weighted by atomic mass is 31.1. The normalized spacial score (nSPS) is 10.3. The Bertz CT molecular complexity index is 363. The van der Waals surface area contributed by atoms with Gasteiger partial charge in [0.05, 0.1) is 12.8 Å². The van der Waals surface area contributed by atoms with Gasteiger partial charge in [0, 0.05) is 6.42 Å². The summed E-state index contributed by atoms with van der Waals surface area (Å²) in [6.45, 7) is 2.22. The first-order valence-corrected chi connectivity index (χ1v) is 6.28. The molecule has 4 heteroatoms. The third-order valence-electron chi connectivity index (χ3n) is 2.16. The summed E-state index contributed by atoms with van der Waals surface area (Å²) in [6, 6.07) is 7.79. The second-order valence-electron chi connectivity index (χ2n) is 3.41. The summed E-state index contributed by atoms with van der Waals surface area (Å²) in [4.78, 5) is 11.2. The highest BCUT2D eigenvalue weighted by molar-refractivity contribution is 7.22. The molecular weight excluding hydrogens is 223 g/mol. The zero-order valence-electron chi connectivity index (χ0n) is 9.31. The molecule has 0 aliphatic carbocycles. The molecule has 1 aromatic carbocycles. The Kier molecular flexibility index (Phi) is 5.73. The number of esters is 1. The third kappa shape index (κ3) is 4.54. The van der Waals surface area contributed by atoms with Crippen LogP contribution < -0.4 is 0 Å². The number of hydrogen-bond acceptors (Lipinski definition) is 3. The summed E-state index contributed by atoms with van der Waals surface area (Å²) in [6.07, 6.45) is 1.59. The molecule has 0 N–H and O–H groups in total. The molecule has 0 spiro atoms. The molecule has 0 bridgehead atoms. The van der Waals surface area contributed by atoms with E-state index in [9.17, 15) is 9.36 Å². The molecule has 0 aromatic heterocycles. The first kappa shape index (κ1) is 12.9. The zero-order chi connectivity index (χ0) is 11.8. The van der Waals surface area contributed by atoms with Gasteiger partial charge in [0.25, 0.3) is 0 Å². The SMILES string of the molecule is CCOC(=O)CCc1cccc(CP=O)c1. The fourth-order valence-electron chi connectivity index (χ4n) is 1.44. The van der Waals surface area contributed by atoms with Crippen molar-refractivity contribution in [1.82, 2.24) is 0 Å². The van der Waals surface area contributed by atoms with E-state index < -0.39 is 0 Å². The summed E-state index contributed by atoms with van der Waals surface area (Å²) in [5.41, 5.74) is 2.10. The first-order valence-electron chi connectivity index (χ1n) is 5.28. The van der Waals surface area contributed by atoms with Gasteiger partial charge in [0.15, 0.2) is 8.46 Å². The van der Waals surface area contributed by atoms with Gasteiger partial charge in [-0.15, -0.1) is 0 Å². The molecule has 0 heterocycles. The Morgan fingerprint density at radius 2 is 2.12 bits per heavy atom. The third-order valence-corrected chi connectivity index (χ3v) is 2.66. The number of aryl methyl sites for hydroxylation is 1. The Morgan fingerprint density at radius 3 is 2.81 bits per heavy atom. The van der Waals surface area contributed by atoms with Crippen molar-refractivity contribution in [1.29, 1.82) is 0 Å². The van der Waals surface area contributed by atoms with Crippen LogP contribution in [0.25, 0.3) is 0 Å². The highest BCUT2D eigenvalue weighted by Crippen LogP contribution is 2.12. The second-order valence-corrected chi connectivity index (χ2v) is 3.99. The Balaban J connectivity index is 2.50. The van der Waals surface area contributed by atoms with Crippen molar-refractivity contribution >= 4 is 14.4 Å². The average Bonchev–Trinajstić information content (AvgIpc) is 2.28. The number of benzene rings is 1. The number of rotatable bonds is 6. The predicted octanol–water partition coefficient (Wildman–Crippen LogP) is 2.97. The fraction of sp³-hybridized carbons (Fsp3) is 0.417. The fourth-order valence-corrected chi connectivity index (χ4v) is 1.78. The monoisotopic (exact) mass is 238 g/mol. The van der Waals surface area contributed by atoms with Gasteiger partial charge in [0.1, 0.15) is 0 Å². The summed E-state index contributed by atoms with van der Waals surface area (Å²) in [7, 11) is 0.121. The molecule has 0 saturated carbocycles. The number of ether oxygens (including phenoxy) is 1. The molecule has 1 aromatic rings. The Hall–Kier alpha value is -1.21. The summed E-state index contributed by atoms with van der Waals surface area (Å²) >= 11 is 0. The molecule has 0 amide bonds. The predicted molar refractivity (Wildman–Crippen MR) is 62.7 cm³/mol. The molecule has 0 saturated heterocycles. The van der Waals surface area contributed by atoms with Gasteiger partial charge in [-0.1, -0.05) is 24.3 Å². The standard InChI is InChI=1S/C12H15O3P/c1-2-15-12(13)7-6-10-4-3-5-11(8-10)9-16-14/h3-5,8H,2,6-7,9H2,1H3. The minimum absolute atomic E-state index is 0.121. The van der Waals surface area contributed by atoms with Crippen LogP contribution in [0.3, 0.4) is 0 Å². The van der Waals surface area contributed by atoms with Crippen molar-refractivity contribution in [2.24, 2.45) is 0 Å². The van der Waals surface area contributed by atoms with Crippen LogP contribution >= 0.6 is 8.46 Å². The van der Waals surface area contributed by atoms with Crippen LogP contribution in [-0.4, -0.2) is 12.6 Å². The Labute approximate surface area is 97.0 Å². The maximum Gasteiger partial charge on any atom is 0.306 e. The maximum absolute atomic E-state index is 11.2. The highest BCUT2D eigenvalue weighted by Gasteiger charge is 2.03. The van der Waals surface area contributed by atoms with Crippen molar-refractivity contribution in [2.45, 2.75) is 25.9 Å². The lowest BCUT2D eigenvalue weighted by atomic mass is 10.1. The van der Waals surface area contributed by atoms with E-state index in [4.69, 9.17) is 4.74 Å². The van der Waals surface area contributed by atoms with Crippen molar-refractivity contribution in [2.75, 3.05) is 6.61 Å². The van der Waals surface area contributed by atoms with Crippen LogP contribution in [0.4, 0.5) is 0 Å². The summed E-state index contributed by atoms with van der Waals surface area (Å²) in [5.74, 6) is -0.171. The van der Waals surface area contributed by atoms with Crippen molar-refractivity contribution in [3.63, 3.8) is 0 Å². The summed E-state index contributed by atoms with van der Waals surface area (Å²) in [5, 5.41) is 0. The molecule has 0 radical (unpaired) electrons. The average molecular weight is 238 g/mol. The van der Waals surface area contributed by atoms with Gasteiger partial charge in [-0.3, -0.25) is 9.36 Å². The van der Waals surface area contributed by atoms with Gasteiger partial charge in [-0.2, -0.15) is 0 Å². The van der Waals surface area contributed by atoms with E-state index in [-0.39, 0.29) is 14.4 Å². The van der Waals surface area contributed by atoms with E-state index in [1.807, 2.05) is 24.3 Å². The van der Waals surface area contributed by atoms with Gasteiger partial charge >= 0.3 is 5.97 Å². The lowest BCUT2D eigenvalue weighted by Crippen LogP contribution is -2.05. The van der Waals surface area contributed by atoms with E-state index in [0.29, 0.717) is 25.6 Å². The molecule has 0 unspecified atom stereocenters. The number of carbonyl (C=O) groups excluding carboxylic acids is 1. The molecule has 0 aliphatic heterocycles. The molecule has 0 atom stereocenters. The summed E-state index contributed by atoms with van der Waals surface area (Å²) < 4.78 is 15.3. The second kappa shape index (κ2) is 7.13. The van der Waals surface area contributed by atoms with E-state index in [1.54, 1.807) is 6.92 Å². The van der Waals surface area contributed by atoms with Crippen molar-refractivity contribution in [3.8, 4) is 0 Å². The molecule has 0 aliphatic rings.